The lowest BCUT2D eigenvalue weighted by molar-refractivity contribution is 0.590. The Morgan fingerprint density at radius 2 is 1.34 bits per heavy atom. The molecule has 0 fully saturated rings. The van der Waals surface area contributed by atoms with Gasteiger partial charge in [0.25, 0.3) is 0 Å². The first-order valence-electron chi connectivity index (χ1n) is 13.7. The molecule has 2 heterocycles. The van der Waals surface area contributed by atoms with E-state index in [9.17, 15) is 0 Å². The Balaban J connectivity index is 1.26. The molecule has 0 bridgehead atoms. The molecule has 0 atom stereocenters. The van der Waals surface area contributed by atoms with Crippen LogP contribution in [-0.2, 0) is 0 Å². The van der Waals surface area contributed by atoms with Crippen molar-refractivity contribution in [2.24, 2.45) is 0 Å². The number of para-hydroxylation sites is 1. The van der Waals surface area contributed by atoms with E-state index < -0.39 is 0 Å². The standard InChI is InChI=1S/C37H22N2OS/c1-3-10-23(11-4-1)37-38-35-31-21-27(20-24-12-9-16-30(34(24)31)36(35)40-37)39(25-13-5-2-6-14-25)26-18-19-29-28-15-7-8-17-32(28)41-33(29)22-26/h1-22H. The quantitative estimate of drug-likeness (QED) is 0.221. The number of fused-ring (bicyclic) bond motifs is 6. The van der Waals surface area contributed by atoms with Gasteiger partial charge in [-0.25, -0.2) is 4.98 Å². The smallest absolute Gasteiger partial charge is 0.227 e. The van der Waals surface area contributed by atoms with E-state index in [-0.39, 0.29) is 0 Å². The molecule has 1 aliphatic carbocycles. The molecule has 41 heavy (non-hydrogen) atoms. The normalized spacial score (nSPS) is 11.9. The van der Waals surface area contributed by atoms with Gasteiger partial charge in [-0.1, -0.05) is 78.9 Å². The van der Waals surface area contributed by atoms with Crippen LogP contribution in [0.4, 0.5) is 17.1 Å². The van der Waals surface area contributed by atoms with Crippen molar-refractivity contribution in [2.45, 2.75) is 0 Å². The Morgan fingerprint density at radius 3 is 2.22 bits per heavy atom. The third-order valence-electron chi connectivity index (χ3n) is 8.00. The van der Waals surface area contributed by atoms with E-state index in [4.69, 9.17) is 9.40 Å². The largest absolute Gasteiger partial charge is 0.435 e. The van der Waals surface area contributed by atoms with Crippen molar-refractivity contribution in [3.8, 4) is 34.0 Å². The number of rotatable bonds is 4. The molecule has 0 unspecified atom stereocenters. The van der Waals surface area contributed by atoms with Crippen LogP contribution in [0.2, 0.25) is 0 Å². The molecular formula is C37H22N2OS. The van der Waals surface area contributed by atoms with Gasteiger partial charge in [0.2, 0.25) is 5.89 Å². The van der Waals surface area contributed by atoms with E-state index in [2.05, 4.69) is 108 Å². The number of nitrogens with zero attached hydrogens (tertiary/aromatic N) is 2. The number of anilines is 3. The van der Waals surface area contributed by atoms with Crippen LogP contribution in [0.1, 0.15) is 0 Å². The predicted molar refractivity (Wildman–Crippen MR) is 171 cm³/mol. The molecule has 0 aliphatic heterocycles. The fourth-order valence-corrected chi connectivity index (χ4v) is 7.32. The zero-order valence-corrected chi connectivity index (χ0v) is 22.7. The second-order valence-electron chi connectivity index (χ2n) is 10.4. The van der Waals surface area contributed by atoms with E-state index in [1.165, 1.54) is 30.9 Å². The number of oxazole rings is 1. The van der Waals surface area contributed by atoms with Crippen LogP contribution in [0, 0.1) is 0 Å². The molecule has 4 heteroatoms. The lowest BCUT2D eigenvalue weighted by atomic mass is 10.0. The Labute approximate surface area is 240 Å². The second kappa shape index (κ2) is 8.65. The van der Waals surface area contributed by atoms with E-state index in [1.807, 2.05) is 41.7 Å². The maximum atomic E-state index is 6.41. The molecule has 8 aromatic rings. The highest BCUT2D eigenvalue weighted by molar-refractivity contribution is 7.25. The van der Waals surface area contributed by atoms with Crippen molar-refractivity contribution in [1.82, 2.24) is 4.98 Å². The minimum absolute atomic E-state index is 0.652. The second-order valence-corrected chi connectivity index (χ2v) is 11.5. The summed E-state index contributed by atoms with van der Waals surface area (Å²) < 4.78 is 9.00. The van der Waals surface area contributed by atoms with Crippen molar-refractivity contribution in [3.63, 3.8) is 0 Å². The highest BCUT2D eigenvalue weighted by atomic mass is 32.1. The van der Waals surface area contributed by atoms with Crippen LogP contribution in [0.3, 0.4) is 0 Å². The molecule has 3 nitrogen and oxygen atoms in total. The van der Waals surface area contributed by atoms with Gasteiger partial charge in [-0.15, -0.1) is 11.3 Å². The number of aromatic nitrogens is 1. The van der Waals surface area contributed by atoms with Gasteiger partial charge >= 0.3 is 0 Å². The zero-order chi connectivity index (χ0) is 26.9. The van der Waals surface area contributed by atoms with Crippen LogP contribution < -0.4 is 4.90 Å². The lowest BCUT2D eigenvalue weighted by Crippen LogP contribution is -2.10. The first-order valence-corrected chi connectivity index (χ1v) is 14.5. The fourth-order valence-electron chi connectivity index (χ4n) is 6.18. The topological polar surface area (TPSA) is 29.3 Å². The molecule has 0 spiro atoms. The van der Waals surface area contributed by atoms with Crippen molar-refractivity contribution >= 4 is 59.3 Å². The summed E-state index contributed by atoms with van der Waals surface area (Å²) in [5, 5.41) is 4.98. The fraction of sp³-hybridized carbons (Fsp3) is 0. The number of benzene rings is 6. The number of hydrogen-bond acceptors (Lipinski definition) is 4. The van der Waals surface area contributed by atoms with Crippen molar-refractivity contribution in [1.29, 1.82) is 0 Å². The van der Waals surface area contributed by atoms with Crippen molar-refractivity contribution in [2.75, 3.05) is 4.90 Å². The van der Waals surface area contributed by atoms with Gasteiger partial charge in [0.1, 0.15) is 5.69 Å². The zero-order valence-electron chi connectivity index (χ0n) is 21.9. The maximum absolute atomic E-state index is 6.41. The lowest BCUT2D eigenvalue weighted by Gasteiger charge is -2.26. The molecule has 0 saturated carbocycles. The molecule has 0 amide bonds. The number of hydrogen-bond donors (Lipinski definition) is 0. The molecule has 0 N–H and O–H groups in total. The van der Waals surface area contributed by atoms with Gasteiger partial charge in [0, 0.05) is 59.3 Å². The summed E-state index contributed by atoms with van der Waals surface area (Å²) in [4.78, 5) is 7.38. The molecule has 0 radical (unpaired) electrons. The van der Waals surface area contributed by atoms with Crippen LogP contribution in [0.5, 0.6) is 0 Å². The summed E-state index contributed by atoms with van der Waals surface area (Å²) in [5.41, 5.74) is 7.43. The van der Waals surface area contributed by atoms with Crippen molar-refractivity contribution < 1.29 is 4.42 Å². The minimum atomic E-state index is 0.652. The highest BCUT2D eigenvalue weighted by Crippen LogP contribution is 2.51. The highest BCUT2D eigenvalue weighted by Gasteiger charge is 2.29. The summed E-state index contributed by atoms with van der Waals surface area (Å²) >= 11 is 1.84. The molecule has 192 valence electrons. The van der Waals surface area contributed by atoms with Gasteiger partial charge in [-0.05, 0) is 60.0 Å². The molecule has 2 aromatic heterocycles. The third-order valence-corrected chi connectivity index (χ3v) is 9.14. The monoisotopic (exact) mass is 542 g/mol. The Hall–Kier alpha value is -5.19. The first-order chi connectivity index (χ1) is 20.3. The maximum Gasteiger partial charge on any atom is 0.227 e. The van der Waals surface area contributed by atoms with E-state index >= 15 is 0 Å². The van der Waals surface area contributed by atoms with Gasteiger partial charge in [-0.3, -0.25) is 0 Å². The molecule has 9 rings (SSSR count). The van der Waals surface area contributed by atoms with Gasteiger partial charge < -0.3 is 9.32 Å². The van der Waals surface area contributed by atoms with Crippen LogP contribution in [-0.4, -0.2) is 4.98 Å². The third kappa shape index (κ3) is 3.41. The van der Waals surface area contributed by atoms with Gasteiger partial charge in [0.05, 0.1) is 0 Å². The minimum Gasteiger partial charge on any atom is -0.435 e. The van der Waals surface area contributed by atoms with Crippen LogP contribution in [0.15, 0.2) is 138 Å². The van der Waals surface area contributed by atoms with E-state index in [0.717, 1.165) is 45.2 Å². The summed E-state index contributed by atoms with van der Waals surface area (Å²) in [6.07, 6.45) is 0. The molecular weight excluding hydrogens is 520 g/mol. The van der Waals surface area contributed by atoms with Crippen LogP contribution >= 0.6 is 11.3 Å². The molecule has 1 aliphatic rings. The summed E-state index contributed by atoms with van der Waals surface area (Å²) in [5.74, 6) is 1.50. The first kappa shape index (κ1) is 22.6. The summed E-state index contributed by atoms with van der Waals surface area (Å²) in [6, 6.07) is 47.2. The van der Waals surface area contributed by atoms with Gasteiger partial charge in [0.15, 0.2) is 5.76 Å². The SMILES string of the molecule is c1ccc(-c2nc3c(o2)-c2cccc4cc(N(c5ccccc5)c5ccc6c(c5)sc5ccccc56)cc-3c24)cc1. The number of thiophene rings is 1. The molecule has 6 aromatic carbocycles. The Kier molecular flexibility index (Phi) is 4.77. The van der Waals surface area contributed by atoms with Crippen molar-refractivity contribution in [3.05, 3.63) is 133 Å². The van der Waals surface area contributed by atoms with Crippen LogP contribution in [0.25, 0.3) is 65.0 Å². The molecule has 0 saturated heterocycles. The van der Waals surface area contributed by atoms with Gasteiger partial charge in [-0.2, -0.15) is 0 Å². The summed E-state index contributed by atoms with van der Waals surface area (Å²) in [7, 11) is 0. The van der Waals surface area contributed by atoms with E-state index in [0.29, 0.717) is 5.89 Å². The average molecular weight is 543 g/mol. The Bertz CT molecular complexity index is 2260. The predicted octanol–water partition coefficient (Wildman–Crippen LogP) is 11.0. The Morgan fingerprint density at radius 1 is 0.561 bits per heavy atom. The summed E-state index contributed by atoms with van der Waals surface area (Å²) in [6.45, 7) is 0. The average Bonchev–Trinajstić information content (AvgIpc) is 3.71. The van der Waals surface area contributed by atoms with E-state index in [1.54, 1.807) is 0 Å².